The lowest BCUT2D eigenvalue weighted by Gasteiger charge is -2.11. The van der Waals surface area contributed by atoms with Gasteiger partial charge in [0.25, 0.3) is 5.91 Å². The maximum atomic E-state index is 12.5. The smallest absolute Gasteiger partial charge is 0.258 e. The van der Waals surface area contributed by atoms with E-state index in [0.29, 0.717) is 26.9 Å². The zero-order valence-corrected chi connectivity index (χ0v) is 22.8. The Kier molecular flexibility index (Phi) is 9.77. The normalized spacial score (nSPS) is 10.8. The van der Waals surface area contributed by atoms with Crippen LogP contribution in [0.1, 0.15) is 12.7 Å². The Labute approximate surface area is 230 Å². The Balaban J connectivity index is 1.37. The van der Waals surface area contributed by atoms with Crippen molar-refractivity contribution in [3.63, 3.8) is 0 Å². The van der Waals surface area contributed by atoms with Gasteiger partial charge in [-0.2, -0.15) is 0 Å². The van der Waals surface area contributed by atoms with Crippen LogP contribution in [0.2, 0.25) is 5.02 Å². The van der Waals surface area contributed by atoms with E-state index in [1.165, 1.54) is 23.1 Å². The maximum absolute atomic E-state index is 12.5. The molecule has 0 aliphatic carbocycles. The standard InChI is InChI=1S/C23H22ClN7O3S3/c1-2-35-23-30-28-21(37-23)26-20(33)14-36-22-29-27-18(31(22)16-6-4-3-5-7-16)12-25-19(32)13-34-17-10-8-15(24)9-11-17/h3-11H,2,12-14H2,1H3,(H,25,32)(H,26,28,33). The molecule has 0 bridgehead atoms. The number of anilines is 1. The Morgan fingerprint density at radius 1 is 1.00 bits per heavy atom. The van der Waals surface area contributed by atoms with E-state index in [1.54, 1.807) is 40.6 Å². The zero-order chi connectivity index (χ0) is 26.0. The first kappa shape index (κ1) is 26.9. The number of nitrogens with one attached hydrogen (secondary N) is 2. The Bertz CT molecular complexity index is 1330. The van der Waals surface area contributed by atoms with E-state index >= 15 is 0 Å². The molecule has 4 rings (SSSR count). The van der Waals surface area contributed by atoms with Crippen LogP contribution in [0.15, 0.2) is 64.1 Å². The van der Waals surface area contributed by atoms with Crippen LogP contribution >= 0.6 is 46.5 Å². The predicted molar refractivity (Wildman–Crippen MR) is 146 cm³/mol. The van der Waals surface area contributed by atoms with Crippen molar-refractivity contribution >= 4 is 63.4 Å². The molecule has 4 aromatic rings. The average molecular weight is 576 g/mol. The summed E-state index contributed by atoms with van der Waals surface area (Å²) in [5.74, 6) is 1.49. The Morgan fingerprint density at radius 2 is 1.78 bits per heavy atom. The third kappa shape index (κ3) is 7.92. The number of nitrogens with zero attached hydrogens (tertiary/aromatic N) is 5. The predicted octanol–water partition coefficient (Wildman–Crippen LogP) is 4.31. The van der Waals surface area contributed by atoms with Crippen molar-refractivity contribution in [1.29, 1.82) is 0 Å². The number of rotatable bonds is 12. The van der Waals surface area contributed by atoms with Gasteiger partial charge in [0.2, 0.25) is 11.0 Å². The monoisotopic (exact) mass is 575 g/mol. The van der Waals surface area contributed by atoms with Crippen molar-refractivity contribution < 1.29 is 14.3 Å². The number of hydrogen-bond acceptors (Lipinski definition) is 10. The van der Waals surface area contributed by atoms with E-state index in [0.717, 1.165) is 15.8 Å². The van der Waals surface area contributed by atoms with Gasteiger partial charge in [-0.25, -0.2) is 0 Å². The van der Waals surface area contributed by atoms with Crippen molar-refractivity contribution in [1.82, 2.24) is 30.3 Å². The van der Waals surface area contributed by atoms with Crippen LogP contribution in [-0.2, 0) is 16.1 Å². The van der Waals surface area contributed by atoms with Crippen LogP contribution < -0.4 is 15.4 Å². The first-order chi connectivity index (χ1) is 18.0. The summed E-state index contributed by atoms with van der Waals surface area (Å²) in [4.78, 5) is 24.8. The Hall–Kier alpha value is -3.13. The van der Waals surface area contributed by atoms with E-state index < -0.39 is 0 Å². The summed E-state index contributed by atoms with van der Waals surface area (Å²) in [6.07, 6.45) is 0. The molecule has 10 nitrogen and oxygen atoms in total. The minimum Gasteiger partial charge on any atom is -0.484 e. The number of para-hydroxylation sites is 1. The van der Waals surface area contributed by atoms with Crippen LogP contribution in [0.5, 0.6) is 5.75 Å². The van der Waals surface area contributed by atoms with E-state index in [4.69, 9.17) is 16.3 Å². The summed E-state index contributed by atoms with van der Waals surface area (Å²) in [6.45, 7) is 1.99. The van der Waals surface area contributed by atoms with Gasteiger partial charge in [-0.05, 0) is 42.2 Å². The number of carbonyl (C=O) groups excluding carboxylic acids is 2. The molecule has 2 aromatic heterocycles. The summed E-state index contributed by atoms with van der Waals surface area (Å²) in [6, 6.07) is 16.2. The lowest BCUT2D eigenvalue weighted by molar-refractivity contribution is -0.123. The van der Waals surface area contributed by atoms with Gasteiger partial charge in [-0.3, -0.25) is 19.5 Å². The molecule has 0 atom stereocenters. The number of aromatic nitrogens is 5. The first-order valence-electron chi connectivity index (χ1n) is 11.1. The van der Waals surface area contributed by atoms with Gasteiger partial charge >= 0.3 is 0 Å². The second kappa shape index (κ2) is 13.4. The van der Waals surface area contributed by atoms with E-state index in [9.17, 15) is 9.59 Å². The maximum Gasteiger partial charge on any atom is 0.258 e. The number of ether oxygens (including phenoxy) is 1. The molecule has 0 aliphatic heterocycles. The fourth-order valence-corrected chi connectivity index (χ4v) is 5.54. The van der Waals surface area contributed by atoms with Gasteiger partial charge in [0.05, 0.1) is 12.3 Å². The number of thioether (sulfide) groups is 2. The summed E-state index contributed by atoms with van der Waals surface area (Å²) in [7, 11) is 0. The zero-order valence-electron chi connectivity index (χ0n) is 19.6. The molecule has 2 N–H and O–H groups in total. The van der Waals surface area contributed by atoms with Crippen molar-refractivity contribution in [2.75, 3.05) is 23.4 Å². The minimum atomic E-state index is -0.316. The van der Waals surface area contributed by atoms with Crippen LogP contribution in [0.4, 0.5) is 5.13 Å². The van der Waals surface area contributed by atoms with Crippen LogP contribution in [-0.4, -0.2) is 54.9 Å². The number of benzene rings is 2. The highest BCUT2D eigenvalue weighted by atomic mass is 35.5. The lowest BCUT2D eigenvalue weighted by Crippen LogP contribution is -2.29. The largest absolute Gasteiger partial charge is 0.484 e. The minimum absolute atomic E-state index is 0.0993. The SMILES string of the molecule is CCSc1nnc(NC(=O)CSc2nnc(CNC(=O)COc3ccc(Cl)cc3)n2-c2ccccc2)s1. The van der Waals surface area contributed by atoms with Crippen LogP contribution in [0, 0.1) is 0 Å². The van der Waals surface area contributed by atoms with Crippen LogP contribution in [0.25, 0.3) is 5.69 Å². The molecular formula is C23H22ClN7O3S3. The second-order valence-electron chi connectivity index (χ2n) is 7.23. The van der Waals surface area contributed by atoms with Gasteiger partial charge in [-0.1, -0.05) is 71.6 Å². The highest BCUT2D eigenvalue weighted by Gasteiger charge is 2.17. The van der Waals surface area contributed by atoms with Crippen molar-refractivity contribution in [2.45, 2.75) is 23.0 Å². The van der Waals surface area contributed by atoms with E-state index in [1.807, 2.05) is 37.3 Å². The van der Waals surface area contributed by atoms with Gasteiger partial charge in [0, 0.05) is 10.7 Å². The topological polar surface area (TPSA) is 124 Å². The second-order valence-corrected chi connectivity index (χ2v) is 11.1. The number of carbonyl (C=O) groups is 2. The number of hydrogen-bond donors (Lipinski definition) is 2. The molecule has 0 saturated carbocycles. The number of amides is 2. The summed E-state index contributed by atoms with van der Waals surface area (Å²) in [5, 5.41) is 23.6. The van der Waals surface area contributed by atoms with Gasteiger partial charge in [0.1, 0.15) is 5.75 Å². The van der Waals surface area contributed by atoms with Gasteiger partial charge < -0.3 is 10.1 Å². The molecule has 192 valence electrons. The van der Waals surface area contributed by atoms with E-state index in [2.05, 4.69) is 31.0 Å². The number of halogens is 1. The van der Waals surface area contributed by atoms with Crippen molar-refractivity contribution in [2.24, 2.45) is 0 Å². The summed E-state index contributed by atoms with van der Waals surface area (Å²) < 4.78 is 8.10. The van der Waals surface area contributed by atoms with E-state index in [-0.39, 0.29) is 30.7 Å². The molecule has 0 unspecified atom stereocenters. The molecule has 2 aromatic carbocycles. The summed E-state index contributed by atoms with van der Waals surface area (Å²) in [5.41, 5.74) is 0.808. The molecule has 0 saturated heterocycles. The molecular weight excluding hydrogens is 554 g/mol. The van der Waals surface area contributed by atoms with Crippen LogP contribution in [0.3, 0.4) is 0 Å². The first-order valence-corrected chi connectivity index (χ1v) is 14.2. The molecule has 0 radical (unpaired) electrons. The third-order valence-corrected chi connectivity index (χ3v) is 7.63. The highest BCUT2D eigenvalue weighted by molar-refractivity contribution is 8.01. The molecule has 2 amide bonds. The molecule has 2 heterocycles. The fourth-order valence-electron chi connectivity index (χ4n) is 2.98. The molecule has 0 aliphatic rings. The van der Waals surface area contributed by atoms with Gasteiger partial charge in [0.15, 0.2) is 21.9 Å². The lowest BCUT2D eigenvalue weighted by atomic mass is 10.3. The fraction of sp³-hybridized carbons (Fsp3) is 0.217. The van der Waals surface area contributed by atoms with Crippen molar-refractivity contribution in [3.8, 4) is 11.4 Å². The molecule has 14 heteroatoms. The molecule has 37 heavy (non-hydrogen) atoms. The highest BCUT2D eigenvalue weighted by Crippen LogP contribution is 2.26. The molecule has 0 fully saturated rings. The quantitative estimate of drug-likeness (QED) is 0.188. The average Bonchev–Trinajstić information content (AvgIpc) is 3.53. The van der Waals surface area contributed by atoms with Gasteiger partial charge in [-0.15, -0.1) is 20.4 Å². The third-order valence-electron chi connectivity index (χ3n) is 4.59. The summed E-state index contributed by atoms with van der Waals surface area (Å²) >= 11 is 10.0. The van der Waals surface area contributed by atoms with Crippen molar-refractivity contribution in [3.05, 3.63) is 65.4 Å². The molecule has 0 spiro atoms. The Morgan fingerprint density at radius 3 is 2.54 bits per heavy atom.